The second-order valence-corrected chi connectivity index (χ2v) is 7.58. The number of halogens is 4. The number of hydrogen-bond acceptors (Lipinski definition) is 5. The van der Waals surface area contributed by atoms with E-state index in [1.165, 1.54) is 16.0 Å². The minimum atomic E-state index is -4.66. The highest BCUT2D eigenvalue weighted by Crippen LogP contribution is 2.37. The van der Waals surface area contributed by atoms with Crippen molar-refractivity contribution < 1.29 is 18.0 Å². The Morgan fingerprint density at radius 2 is 2.03 bits per heavy atom. The highest BCUT2D eigenvalue weighted by atomic mass is 35.5. The molecule has 1 aliphatic heterocycles. The first-order valence-electron chi connectivity index (χ1n) is 9.71. The van der Waals surface area contributed by atoms with Crippen LogP contribution < -0.4 is 16.6 Å². The number of aromatic nitrogens is 1. The molecular weight excluding hydrogens is 431 g/mol. The first-order chi connectivity index (χ1) is 14.6. The zero-order chi connectivity index (χ0) is 22.9. The largest absolute Gasteiger partial charge is 0.417 e. The maximum atomic E-state index is 13.2. The fraction of sp³-hybridized carbons (Fsp3) is 0.333. The Balaban J connectivity index is 1.91. The highest BCUT2D eigenvalue weighted by Gasteiger charge is 2.37. The van der Waals surface area contributed by atoms with E-state index >= 15 is 0 Å². The fourth-order valence-corrected chi connectivity index (χ4v) is 3.95. The van der Waals surface area contributed by atoms with Gasteiger partial charge in [-0.3, -0.25) is 9.80 Å². The average molecular weight is 454 g/mol. The van der Waals surface area contributed by atoms with Crippen LogP contribution in [0.2, 0.25) is 5.02 Å². The smallest absolute Gasteiger partial charge is 0.399 e. The van der Waals surface area contributed by atoms with Crippen molar-refractivity contribution in [1.82, 2.24) is 9.88 Å². The maximum Gasteiger partial charge on any atom is 0.417 e. The maximum absolute atomic E-state index is 13.2. The van der Waals surface area contributed by atoms with Gasteiger partial charge in [-0.1, -0.05) is 30.7 Å². The van der Waals surface area contributed by atoms with Crippen LogP contribution >= 0.6 is 11.6 Å². The number of rotatable bonds is 4. The molecule has 31 heavy (non-hydrogen) atoms. The molecule has 0 bridgehead atoms. The molecule has 1 aromatic heterocycles. The number of nitrogens with zero attached hydrogens (tertiary/aromatic N) is 3. The number of benzene rings is 1. The zero-order valence-electron chi connectivity index (χ0n) is 17.1. The van der Waals surface area contributed by atoms with Crippen molar-refractivity contribution in [3.63, 3.8) is 0 Å². The third-order valence-corrected chi connectivity index (χ3v) is 5.81. The Bertz CT molecular complexity index is 1020. The Hall–Kier alpha value is -2.78. The van der Waals surface area contributed by atoms with Gasteiger partial charge in [-0.05, 0) is 37.1 Å². The molecule has 0 fully saturated rings. The van der Waals surface area contributed by atoms with Crippen LogP contribution in [0.1, 0.15) is 41.8 Å². The van der Waals surface area contributed by atoms with Crippen LogP contribution in [0.25, 0.3) is 0 Å². The van der Waals surface area contributed by atoms with Gasteiger partial charge in [-0.15, -0.1) is 0 Å². The van der Waals surface area contributed by atoms with Crippen LogP contribution in [0, 0.1) is 0 Å². The summed E-state index contributed by atoms with van der Waals surface area (Å²) in [6.45, 7) is 3.89. The van der Waals surface area contributed by atoms with Crippen molar-refractivity contribution in [1.29, 1.82) is 0 Å². The fourth-order valence-electron chi connectivity index (χ4n) is 3.63. The van der Waals surface area contributed by atoms with Crippen LogP contribution in [0.3, 0.4) is 0 Å². The van der Waals surface area contributed by atoms with Crippen LogP contribution in [-0.2, 0) is 12.6 Å². The molecule has 1 unspecified atom stereocenters. The Morgan fingerprint density at radius 1 is 1.32 bits per heavy atom. The number of amides is 1. The van der Waals surface area contributed by atoms with Crippen LogP contribution in [0.5, 0.6) is 0 Å². The van der Waals surface area contributed by atoms with E-state index in [2.05, 4.69) is 4.98 Å². The van der Waals surface area contributed by atoms with Crippen molar-refractivity contribution in [2.24, 2.45) is 11.6 Å². The molecule has 0 saturated heterocycles. The molecule has 2 aromatic rings. The van der Waals surface area contributed by atoms with Gasteiger partial charge in [0.05, 0.1) is 33.6 Å². The van der Waals surface area contributed by atoms with Gasteiger partial charge >= 0.3 is 6.18 Å². The lowest BCUT2D eigenvalue weighted by molar-refractivity contribution is -0.137. The molecule has 6 nitrogen and oxygen atoms in total. The van der Waals surface area contributed by atoms with E-state index in [0.717, 1.165) is 24.1 Å². The summed E-state index contributed by atoms with van der Waals surface area (Å²) in [5.74, 6) is 6.25. The van der Waals surface area contributed by atoms with Crippen LogP contribution in [-0.4, -0.2) is 28.4 Å². The summed E-state index contributed by atoms with van der Waals surface area (Å²) in [5.41, 5.74) is 6.94. The molecule has 3 rings (SSSR count). The molecule has 0 spiro atoms. The first-order valence-corrected chi connectivity index (χ1v) is 10.1. The van der Waals surface area contributed by atoms with Crippen molar-refractivity contribution in [3.8, 4) is 0 Å². The number of anilines is 1. The summed E-state index contributed by atoms with van der Waals surface area (Å²) in [6, 6.07) is 6.42. The van der Waals surface area contributed by atoms with Crippen molar-refractivity contribution in [3.05, 3.63) is 69.6 Å². The lowest BCUT2D eigenvalue weighted by Gasteiger charge is -2.38. The molecular formula is C21H23ClF3N5O. The number of nitrogens with two attached hydrogens (primary N) is 2. The standard InChI is InChI=1S/C21H23ClF3N5O/c1-3-13-6-5-10-28-19(13)30(27)16-9-11-29(12(2)18(16)26)20(31)14-7-4-8-15(17(14)22)21(23,24)25/h4-8,10,12H,3,9,11,26-27H2,1-2H3. The normalized spacial score (nSPS) is 17.1. The predicted molar refractivity (Wildman–Crippen MR) is 113 cm³/mol. The summed E-state index contributed by atoms with van der Waals surface area (Å²) < 4.78 is 39.5. The van der Waals surface area contributed by atoms with Gasteiger partial charge in [0.15, 0.2) is 0 Å². The summed E-state index contributed by atoms with van der Waals surface area (Å²) in [6.07, 6.45) is -2.00. The lowest BCUT2D eigenvalue weighted by Crippen LogP contribution is -2.49. The number of aryl methyl sites for hydroxylation is 1. The third-order valence-electron chi connectivity index (χ3n) is 5.40. The van der Waals surface area contributed by atoms with Crippen molar-refractivity contribution in [2.75, 3.05) is 11.6 Å². The summed E-state index contributed by atoms with van der Waals surface area (Å²) >= 11 is 5.94. The molecule has 166 valence electrons. The lowest BCUT2D eigenvalue weighted by atomic mass is 10.0. The predicted octanol–water partition coefficient (Wildman–Crippen LogP) is 4.10. The molecule has 1 atom stereocenters. The Kier molecular flexibility index (Phi) is 6.47. The molecule has 1 aliphatic rings. The van der Waals surface area contributed by atoms with Crippen LogP contribution in [0.15, 0.2) is 47.9 Å². The Morgan fingerprint density at radius 3 is 2.68 bits per heavy atom. The number of carbonyl (C=O) groups is 1. The van der Waals surface area contributed by atoms with Gasteiger partial charge in [0, 0.05) is 19.2 Å². The molecule has 1 amide bonds. The zero-order valence-corrected chi connectivity index (χ0v) is 17.8. The third kappa shape index (κ3) is 4.33. The average Bonchev–Trinajstić information content (AvgIpc) is 2.74. The van der Waals surface area contributed by atoms with E-state index in [9.17, 15) is 18.0 Å². The van der Waals surface area contributed by atoms with Crippen LogP contribution in [0.4, 0.5) is 19.0 Å². The molecule has 0 saturated carbocycles. The van der Waals surface area contributed by atoms with Gasteiger partial charge in [0.2, 0.25) is 0 Å². The minimum Gasteiger partial charge on any atom is -0.399 e. The minimum absolute atomic E-state index is 0.213. The molecule has 10 heteroatoms. The van der Waals surface area contributed by atoms with Gasteiger partial charge in [0.1, 0.15) is 5.82 Å². The van der Waals surface area contributed by atoms with Crippen molar-refractivity contribution in [2.45, 2.75) is 38.9 Å². The summed E-state index contributed by atoms with van der Waals surface area (Å²) in [5, 5.41) is 0.797. The first kappa shape index (κ1) is 22.9. The highest BCUT2D eigenvalue weighted by molar-refractivity contribution is 6.34. The van der Waals surface area contributed by atoms with Gasteiger partial charge in [0.25, 0.3) is 5.91 Å². The van der Waals surface area contributed by atoms with E-state index in [1.807, 2.05) is 19.1 Å². The van der Waals surface area contributed by atoms with E-state index in [0.29, 0.717) is 23.6 Å². The van der Waals surface area contributed by atoms with E-state index in [4.69, 9.17) is 23.2 Å². The van der Waals surface area contributed by atoms with Gasteiger partial charge in [-0.25, -0.2) is 10.8 Å². The van der Waals surface area contributed by atoms with Gasteiger partial charge < -0.3 is 10.6 Å². The molecule has 4 N–H and O–H groups in total. The van der Waals surface area contributed by atoms with E-state index in [1.54, 1.807) is 13.1 Å². The molecule has 0 aliphatic carbocycles. The number of hydrogen-bond donors (Lipinski definition) is 2. The summed E-state index contributed by atoms with van der Waals surface area (Å²) in [7, 11) is 0. The second kappa shape index (κ2) is 8.76. The second-order valence-electron chi connectivity index (χ2n) is 7.20. The monoisotopic (exact) mass is 453 g/mol. The molecule has 1 aromatic carbocycles. The number of carbonyl (C=O) groups excluding carboxylic acids is 1. The SMILES string of the molecule is CCc1cccnc1N(N)C1=C(N)C(C)N(C(=O)c2cccc(C(F)(F)F)c2Cl)CC1. The van der Waals surface area contributed by atoms with E-state index in [-0.39, 0.29) is 12.1 Å². The van der Waals surface area contributed by atoms with Gasteiger partial charge in [-0.2, -0.15) is 13.2 Å². The summed E-state index contributed by atoms with van der Waals surface area (Å²) in [4.78, 5) is 18.8. The quantitative estimate of drug-likeness (QED) is 0.537. The number of hydrazine groups is 1. The number of alkyl halides is 3. The molecule has 0 radical (unpaired) electrons. The molecule has 2 heterocycles. The van der Waals surface area contributed by atoms with Crippen molar-refractivity contribution >= 4 is 23.3 Å². The van der Waals surface area contributed by atoms with E-state index < -0.39 is 28.7 Å². The number of pyridine rings is 1. The Labute approximate surface area is 183 Å². The topological polar surface area (TPSA) is 88.5 Å².